The van der Waals surface area contributed by atoms with Crippen LogP contribution >= 0.6 is 11.8 Å². The van der Waals surface area contributed by atoms with Crippen LogP contribution in [0.15, 0.2) is 58.7 Å². The van der Waals surface area contributed by atoms with Gasteiger partial charge in [0.25, 0.3) is 11.8 Å². The fourth-order valence-corrected chi connectivity index (χ4v) is 3.07. The van der Waals surface area contributed by atoms with E-state index in [1.807, 2.05) is 0 Å². The third-order valence-electron chi connectivity index (χ3n) is 3.71. The van der Waals surface area contributed by atoms with Gasteiger partial charge < -0.3 is 0 Å². The minimum atomic E-state index is -0.593. The van der Waals surface area contributed by atoms with E-state index < -0.39 is 33.9 Å². The van der Waals surface area contributed by atoms with E-state index >= 15 is 0 Å². The second-order valence-electron chi connectivity index (χ2n) is 5.93. The highest BCUT2D eigenvalue weighted by Gasteiger charge is 2.21. The predicted molar refractivity (Wildman–Crippen MR) is 111 cm³/mol. The Labute approximate surface area is 171 Å². The Morgan fingerprint density at radius 3 is 1.59 bits per heavy atom. The predicted octanol–water partition coefficient (Wildman–Crippen LogP) is 3.08. The molecule has 2 aromatic rings. The number of thioether (sulfide) groups is 1. The molecular weight excluding hydrogens is 398 g/mol. The van der Waals surface area contributed by atoms with Gasteiger partial charge in [-0.3, -0.25) is 9.59 Å². The lowest BCUT2D eigenvalue weighted by atomic mass is 10.2. The smallest absolute Gasteiger partial charge is 0.252 e. The summed E-state index contributed by atoms with van der Waals surface area (Å²) in [5, 5.41) is 6.27. The minimum Gasteiger partial charge on any atom is -0.272 e. The number of nitrogens with zero attached hydrogens (tertiary/aromatic N) is 2. The average molecular weight is 418 g/mol. The number of benzene rings is 2. The molecule has 0 saturated heterocycles. The molecule has 0 aliphatic carbocycles. The second kappa shape index (κ2) is 11.1. The van der Waals surface area contributed by atoms with Crippen molar-refractivity contribution in [3.8, 4) is 0 Å². The quantitative estimate of drug-likeness (QED) is 0.511. The Bertz CT molecular complexity index is 847. The number of nitrogens with one attached hydrogen (secondary N) is 2. The number of carbonyl (C=O) groups excluding carboxylic acids is 2. The number of amides is 2. The van der Waals surface area contributed by atoms with E-state index in [1.54, 1.807) is 38.1 Å². The van der Waals surface area contributed by atoms with Crippen LogP contribution in [0.3, 0.4) is 0 Å². The first-order chi connectivity index (χ1) is 13.9. The molecule has 2 amide bonds. The first-order valence-electron chi connectivity index (χ1n) is 8.69. The van der Waals surface area contributed by atoms with Gasteiger partial charge in [-0.15, -0.1) is 11.8 Å². The molecule has 0 aromatic heterocycles. The van der Waals surface area contributed by atoms with Crippen molar-refractivity contribution in [2.75, 3.05) is 0 Å². The summed E-state index contributed by atoms with van der Waals surface area (Å²) >= 11 is 1.09. The molecule has 29 heavy (non-hydrogen) atoms. The monoisotopic (exact) mass is 418 g/mol. The molecule has 0 radical (unpaired) electrons. The maximum atomic E-state index is 13.5. The Morgan fingerprint density at radius 2 is 1.21 bits per heavy atom. The van der Waals surface area contributed by atoms with Gasteiger partial charge in [0.05, 0.1) is 22.9 Å². The largest absolute Gasteiger partial charge is 0.272 e. The van der Waals surface area contributed by atoms with E-state index in [9.17, 15) is 18.4 Å². The van der Waals surface area contributed by atoms with Gasteiger partial charge in [-0.05, 0) is 26.0 Å². The maximum Gasteiger partial charge on any atom is 0.252 e. The van der Waals surface area contributed by atoms with Crippen molar-refractivity contribution in [2.45, 2.75) is 24.3 Å². The summed E-state index contributed by atoms with van der Waals surface area (Å²) in [7, 11) is 0. The third-order valence-corrected chi connectivity index (χ3v) is 4.96. The minimum absolute atomic E-state index is 0.244. The van der Waals surface area contributed by atoms with Crippen LogP contribution in [0, 0.1) is 11.6 Å². The van der Waals surface area contributed by atoms with Crippen molar-refractivity contribution in [3.63, 3.8) is 0 Å². The fourth-order valence-electron chi connectivity index (χ4n) is 2.10. The molecule has 0 fully saturated rings. The number of hydrazone groups is 2. The van der Waals surface area contributed by atoms with E-state index in [1.165, 1.54) is 36.7 Å². The summed E-state index contributed by atoms with van der Waals surface area (Å²) in [6, 6.07) is 12.0. The highest BCUT2D eigenvalue weighted by molar-refractivity contribution is 8.01. The molecule has 0 heterocycles. The first kappa shape index (κ1) is 22.2. The number of hydrogen-bond acceptors (Lipinski definition) is 5. The number of carbonyl (C=O) groups is 2. The number of halogens is 2. The van der Waals surface area contributed by atoms with Crippen LogP contribution in [0.5, 0.6) is 0 Å². The van der Waals surface area contributed by atoms with Crippen LogP contribution in [0.1, 0.15) is 25.0 Å². The highest BCUT2D eigenvalue weighted by atomic mass is 32.2. The summed E-state index contributed by atoms with van der Waals surface area (Å²) < 4.78 is 27.0. The first-order valence-corrected chi connectivity index (χ1v) is 9.63. The molecular formula is C20H20F2N4O2S. The normalized spacial score (nSPS) is 13.4. The van der Waals surface area contributed by atoms with Crippen molar-refractivity contribution in [2.24, 2.45) is 10.2 Å². The number of rotatable bonds is 8. The lowest BCUT2D eigenvalue weighted by Crippen LogP contribution is -2.33. The van der Waals surface area contributed by atoms with E-state index in [2.05, 4.69) is 21.1 Å². The third kappa shape index (κ3) is 7.11. The van der Waals surface area contributed by atoms with Gasteiger partial charge in [0.1, 0.15) is 11.6 Å². The van der Waals surface area contributed by atoms with Gasteiger partial charge in [0.15, 0.2) is 0 Å². The molecule has 9 heteroatoms. The number of hydrogen-bond donors (Lipinski definition) is 2. The van der Waals surface area contributed by atoms with Gasteiger partial charge in [-0.1, -0.05) is 36.4 Å². The van der Waals surface area contributed by atoms with E-state index in [0.29, 0.717) is 0 Å². The van der Waals surface area contributed by atoms with Gasteiger partial charge in [-0.25, -0.2) is 19.6 Å². The maximum absolute atomic E-state index is 13.5. The SMILES string of the molecule is C[C@H](S[C@@H](C)C(=O)N/N=C\c1ccccc1F)C(=O)N/N=C\c1ccccc1F. The summed E-state index contributed by atoms with van der Waals surface area (Å²) in [5.74, 6) is -1.77. The molecule has 0 aliphatic heterocycles. The Hall–Kier alpha value is -3.07. The molecule has 0 aliphatic rings. The highest BCUT2D eigenvalue weighted by Crippen LogP contribution is 2.17. The Balaban J connectivity index is 1.80. The van der Waals surface area contributed by atoms with Crippen LogP contribution in [-0.2, 0) is 9.59 Å². The van der Waals surface area contributed by atoms with Gasteiger partial charge in [0.2, 0.25) is 0 Å². The molecule has 0 unspecified atom stereocenters. The molecule has 0 spiro atoms. The topological polar surface area (TPSA) is 82.9 Å². The summed E-state index contributed by atoms with van der Waals surface area (Å²) in [6.07, 6.45) is 2.41. The molecule has 0 bridgehead atoms. The van der Waals surface area contributed by atoms with Gasteiger partial charge in [-0.2, -0.15) is 10.2 Å². The molecule has 2 rings (SSSR count). The fraction of sp³-hybridized carbons (Fsp3) is 0.200. The molecule has 2 aromatic carbocycles. The van der Waals surface area contributed by atoms with Gasteiger partial charge >= 0.3 is 0 Å². The van der Waals surface area contributed by atoms with Crippen molar-refractivity contribution in [1.82, 2.24) is 10.9 Å². The lowest BCUT2D eigenvalue weighted by molar-refractivity contribution is -0.120. The van der Waals surface area contributed by atoms with E-state index in [-0.39, 0.29) is 11.1 Å². The van der Waals surface area contributed by atoms with Crippen molar-refractivity contribution >= 4 is 36.0 Å². The molecule has 2 N–H and O–H groups in total. The van der Waals surface area contributed by atoms with Crippen LogP contribution in [0.2, 0.25) is 0 Å². The summed E-state index contributed by atoms with van der Waals surface area (Å²) in [4.78, 5) is 24.1. The molecule has 2 atom stereocenters. The zero-order chi connectivity index (χ0) is 21.2. The van der Waals surface area contributed by atoms with Crippen LogP contribution in [-0.4, -0.2) is 34.7 Å². The Kier molecular flexibility index (Phi) is 8.47. The van der Waals surface area contributed by atoms with E-state index in [0.717, 1.165) is 11.8 Å². The lowest BCUT2D eigenvalue weighted by Gasteiger charge is -2.14. The van der Waals surface area contributed by atoms with E-state index in [4.69, 9.17) is 0 Å². The molecule has 152 valence electrons. The molecule has 0 saturated carbocycles. The van der Waals surface area contributed by atoms with Gasteiger partial charge in [0, 0.05) is 11.1 Å². The Morgan fingerprint density at radius 1 is 0.828 bits per heavy atom. The average Bonchev–Trinajstić information content (AvgIpc) is 2.70. The van der Waals surface area contributed by atoms with Crippen molar-refractivity contribution < 1.29 is 18.4 Å². The zero-order valence-electron chi connectivity index (χ0n) is 15.8. The zero-order valence-corrected chi connectivity index (χ0v) is 16.6. The van der Waals surface area contributed by atoms with Crippen LogP contribution in [0.25, 0.3) is 0 Å². The second-order valence-corrected chi connectivity index (χ2v) is 7.62. The van der Waals surface area contributed by atoms with Crippen molar-refractivity contribution in [1.29, 1.82) is 0 Å². The molecule has 6 nitrogen and oxygen atoms in total. The van der Waals surface area contributed by atoms with Crippen molar-refractivity contribution in [3.05, 3.63) is 71.3 Å². The van der Waals surface area contributed by atoms with Crippen LogP contribution in [0.4, 0.5) is 8.78 Å². The summed E-state index contributed by atoms with van der Waals surface area (Å²) in [5.41, 5.74) is 5.11. The standard InChI is InChI=1S/C20H20F2N4O2S/c1-13(19(27)25-23-11-15-7-3-5-9-17(15)21)29-14(2)20(28)26-24-12-16-8-4-6-10-18(16)22/h3-14H,1-2H3,(H,25,27)(H,26,28)/b23-11-,24-12-/t13-,14-/m0/s1. The summed E-state index contributed by atoms with van der Waals surface area (Å²) in [6.45, 7) is 3.23. The van der Waals surface area contributed by atoms with Crippen LogP contribution < -0.4 is 10.9 Å².